The summed E-state index contributed by atoms with van der Waals surface area (Å²) in [5, 5.41) is 3.36. The number of ether oxygens (including phenoxy) is 1. The molecule has 27 heavy (non-hydrogen) atoms. The summed E-state index contributed by atoms with van der Waals surface area (Å²) in [4.78, 5) is 18.2. The van der Waals surface area contributed by atoms with Crippen LogP contribution in [0.4, 0.5) is 0 Å². The van der Waals surface area contributed by atoms with Crippen molar-refractivity contribution >= 4 is 5.91 Å². The number of likely N-dealkylation sites (tertiary alicyclic amines) is 2. The number of nitrogens with one attached hydrogen (secondary N) is 1. The van der Waals surface area contributed by atoms with E-state index in [-0.39, 0.29) is 17.4 Å². The summed E-state index contributed by atoms with van der Waals surface area (Å²) >= 11 is 0. The molecule has 0 spiro atoms. The van der Waals surface area contributed by atoms with Gasteiger partial charge in [-0.25, -0.2) is 0 Å². The molecule has 3 aliphatic rings. The van der Waals surface area contributed by atoms with Crippen LogP contribution in [0.3, 0.4) is 0 Å². The molecule has 148 valence electrons. The summed E-state index contributed by atoms with van der Waals surface area (Å²) in [5.41, 5.74) is 1.17. The van der Waals surface area contributed by atoms with E-state index in [2.05, 4.69) is 22.2 Å². The number of para-hydroxylation sites is 1. The van der Waals surface area contributed by atoms with Gasteiger partial charge < -0.3 is 15.0 Å². The molecule has 4 rings (SSSR count). The van der Waals surface area contributed by atoms with Gasteiger partial charge in [0.15, 0.2) is 0 Å². The van der Waals surface area contributed by atoms with Crippen LogP contribution in [0, 0.1) is 0 Å². The molecule has 1 atom stereocenters. The molecule has 1 unspecified atom stereocenters. The van der Waals surface area contributed by atoms with E-state index in [1.165, 1.54) is 32.4 Å². The van der Waals surface area contributed by atoms with Crippen molar-refractivity contribution in [1.82, 2.24) is 15.1 Å². The molecular formula is C22H33N3O2. The molecule has 2 fully saturated rings. The third kappa shape index (κ3) is 3.99. The summed E-state index contributed by atoms with van der Waals surface area (Å²) in [7, 11) is 2.21. The molecule has 1 amide bonds. The normalized spacial score (nSPS) is 26.0. The molecule has 3 aliphatic heterocycles. The zero-order valence-electron chi connectivity index (χ0n) is 16.6. The number of hydrogen-bond donors (Lipinski definition) is 1. The maximum atomic E-state index is 13.1. The van der Waals surface area contributed by atoms with Gasteiger partial charge in [-0.1, -0.05) is 24.6 Å². The molecule has 5 nitrogen and oxygen atoms in total. The zero-order chi connectivity index (χ0) is 18.7. The predicted octanol–water partition coefficient (Wildman–Crippen LogP) is 2.62. The number of fused-ring (bicyclic) bond motifs is 1. The van der Waals surface area contributed by atoms with Gasteiger partial charge >= 0.3 is 0 Å². The van der Waals surface area contributed by atoms with Crippen LogP contribution in [0.2, 0.25) is 0 Å². The quantitative estimate of drug-likeness (QED) is 0.884. The van der Waals surface area contributed by atoms with E-state index in [0.29, 0.717) is 6.61 Å². The molecule has 3 heterocycles. The van der Waals surface area contributed by atoms with E-state index in [4.69, 9.17) is 4.74 Å². The lowest BCUT2D eigenvalue weighted by molar-refractivity contribution is -0.124. The number of piperidine rings is 2. The second-order valence-electron chi connectivity index (χ2n) is 8.52. The maximum Gasteiger partial charge on any atom is 0.227 e. The number of rotatable bonds is 4. The summed E-state index contributed by atoms with van der Waals surface area (Å²) in [5.74, 6) is 0.953. The van der Waals surface area contributed by atoms with E-state index in [0.717, 1.165) is 50.2 Å². The Bertz CT molecular complexity index is 649. The molecule has 0 saturated carbocycles. The highest BCUT2D eigenvalue weighted by molar-refractivity contribution is 5.84. The number of amides is 1. The van der Waals surface area contributed by atoms with E-state index in [9.17, 15) is 4.79 Å². The third-order valence-corrected chi connectivity index (χ3v) is 6.81. The minimum atomic E-state index is -0.0837. The maximum absolute atomic E-state index is 13.1. The first kappa shape index (κ1) is 18.8. The van der Waals surface area contributed by atoms with Crippen molar-refractivity contribution in [1.29, 1.82) is 0 Å². The number of benzene rings is 1. The lowest BCUT2D eigenvalue weighted by atomic mass is 9.83. The largest absolute Gasteiger partial charge is 0.493 e. The van der Waals surface area contributed by atoms with Crippen LogP contribution in [0.25, 0.3) is 0 Å². The number of nitrogens with zero attached hydrogens (tertiary/aromatic N) is 2. The van der Waals surface area contributed by atoms with Gasteiger partial charge in [0, 0.05) is 17.6 Å². The molecule has 0 aliphatic carbocycles. The summed E-state index contributed by atoms with van der Waals surface area (Å²) in [6, 6.07) is 7.98. The smallest absolute Gasteiger partial charge is 0.227 e. The van der Waals surface area contributed by atoms with Gasteiger partial charge in [0.05, 0.1) is 12.5 Å². The van der Waals surface area contributed by atoms with Gasteiger partial charge in [-0.05, 0) is 71.4 Å². The molecular weight excluding hydrogens is 338 g/mol. The van der Waals surface area contributed by atoms with Gasteiger partial charge in [0.1, 0.15) is 5.75 Å². The average molecular weight is 372 g/mol. The van der Waals surface area contributed by atoms with Gasteiger partial charge in [-0.2, -0.15) is 0 Å². The van der Waals surface area contributed by atoms with Crippen molar-refractivity contribution < 1.29 is 9.53 Å². The number of carbonyl (C=O) groups is 1. The highest BCUT2D eigenvalue weighted by atomic mass is 16.5. The van der Waals surface area contributed by atoms with Crippen molar-refractivity contribution in [2.45, 2.75) is 50.0 Å². The second-order valence-corrected chi connectivity index (χ2v) is 8.52. The van der Waals surface area contributed by atoms with Crippen molar-refractivity contribution in [2.75, 3.05) is 46.4 Å². The Hall–Kier alpha value is -1.59. The monoisotopic (exact) mass is 371 g/mol. The van der Waals surface area contributed by atoms with E-state index < -0.39 is 0 Å². The first-order valence-electron chi connectivity index (χ1n) is 10.6. The molecule has 2 saturated heterocycles. The van der Waals surface area contributed by atoms with Crippen molar-refractivity contribution in [3.05, 3.63) is 29.8 Å². The summed E-state index contributed by atoms with van der Waals surface area (Å²) < 4.78 is 5.73. The summed E-state index contributed by atoms with van der Waals surface area (Å²) in [6.07, 6.45) is 6.99. The lowest BCUT2D eigenvalue weighted by Crippen LogP contribution is -2.61. The Balaban J connectivity index is 1.45. The fourth-order valence-electron chi connectivity index (χ4n) is 5.00. The van der Waals surface area contributed by atoms with Gasteiger partial charge in [-0.15, -0.1) is 0 Å². The molecule has 0 bridgehead atoms. The SMILES string of the molecule is CN1CCC(CNC(=O)C2CCOc3ccccc32)(N2CCCCC2)CC1. The highest BCUT2D eigenvalue weighted by Crippen LogP contribution is 2.34. The Morgan fingerprint density at radius 3 is 2.67 bits per heavy atom. The molecule has 0 aromatic heterocycles. The van der Waals surface area contributed by atoms with Crippen LogP contribution in [-0.2, 0) is 4.79 Å². The van der Waals surface area contributed by atoms with Crippen LogP contribution in [0.5, 0.6) is 5.75 Å². The molecule has 1 aromatic carbocycles. The second kappa shape index (κ2) is 8.19. The number of hydrogen-bond acceptors (Lipinski definition) is 4. The molecule has 1 N–H and O–H groups in total. The average Bonchev–Trinajstić information content (AvgIpc) is 2.73. The minimum Gasteiger partial charge on any atom is -0.493 e. The Kier molecular flexibility index (Phi) is 5.69. The Morgan fingerprint density at radius 1 is 1.15 bits per heavy atom. The van der Waals surface area contributed by atoms with E-state index in [1.54, 1.807) is 0 Å². The zero-order valence-corrected chi connectivity index (χ0v) is 16.6. The van der Waals surface area contributed by atoms with Crippen LogP contribution in [0.1, 0.15) is 50.0 Å². The van der Waals surface area contributed by atoms with Crippen molar-refractivity contribution in [3.8, 4) is 5.75 Å². The Labute approximate surface area is 163 Å². The molecule has 0 radical (unpaired) electrons. The highest BCUT2D eigenvalue weighted by Gasteiger charge is 2.40. The summed E-state index contributed by atoms with van der Waals surface area (Å²) in [6.45, 7) is 5.99. The van der Waals surface area contributed by atoms with Crippen LogP contribution in [0.15, 0.2) is 24.3 Å². The third-order valence-electron chi connectivity index (χ3n) is 6.81. The van der Waals surface area contributed by atoms with Crippen LogP contribution in [-0.4, -0.2) is 67.6 Å². The lowest BCUT2D eigenvalue weighted by Gasteiger charge is -2.50. The first-order chi connectivity index (χ1) is 13.2. The molecule has 1 aromatic rings. The van der Waals surface area contributed by atoms with E-state index in [1.807, 2.05) is 24.3 Å². The fraction of sp³-hybridized carbons (Fsp3) is 0.682. The van der Waals surface area contributed by atoms with E-state index >= 15 is 0 Å². The molecule has 5 heteroatoms. The van der Waals surface area contributed by atoms with Crippen molar-refractivity contribution in [3.63, 3.8) is 0 Å². The van der Waals surface area contributed by atoms with Crippen molar-refractivity contribution in [2.24, 2.45) is 0 Å². The standard InChI is InChI=1S/C22H33N3O2/c1-24-14-10-22(11-15-24,25-12-5-2-6-13-25)17-23-21(26)19-9-16-27-20-8-4-3-7-18(19)20/h3-4,7-8,19H,2,5-6,9-17H2,1H3,(H,23,26). The van der Waals surface area contributed by atoms with Crippen LogP contribution >= 0.6 is 0 Å². The predicted molar refractivity (Wildman–Crippen MR) is 107 cm³/mol. The van der Waals surface area contributed by atoms with Gasteiger partial charge in [0.2, 0.25) is 5.91 Å². The Morgan fingerprint density at radius 2 is 1.89 bits per heavy atom. The topological polar surface area (TPSA) is 44.8 Å². The van der Waals surface area contributed by atoms with Gasteiger partial charge in [-0.3, -0.25) is 9.69 Å². The first-order valence-corrected chi connectivity index (χ1v) is 10.6. The van der Waals surface area contributed by atoms with Crippen LogP contribution < -0.4 is 10.1 Å². The number of carbonyl (C=O) groups excluding carboxylic acids is 1. The fourth-order valence-corrected chi connectivity index (χ4v) is 5.00. The van der Waals surface area contributed by atoms with Gasteiger partial charge in [0.25, 0.3) is 0 Å². The minimum absolute atomic E-state index is 0.0837.